The summed E-state index contributed by atoms with van der Waals surface area (Å²) in [6.07, 6.45) is 1.79. The number of aromatic amines is 1. The molecule has 0 spiro atoms. The lowest BCUT2D eigenvalue weighted by Crippen LogP contribution is -2.32. The number of ketones is 1. The van der Waals surface area contributed by atoms with Gasteiger partial charge in [-0.2, -0.15) is 0 Å². The molecular formula is C22H24N2O3. The number of Topliss-reactive ketones (excluding diaryl/α,β-unsaturated/α-hetero) is 1. The third-order valence-corrected chi connectivity index (χ3v) is 4.09. The van der Waals surface area contributed by atoms with Crippen LogP contribution in [-0.4, -0.2) is 22.5 Å². The highest BCUT2D eigenvalue weighted by Crippen LogP contribution is 2.16. The normalized spacial score (nSPS) is 11.4. The van der Waals surface area contributed by atoms with Gasteiger partial charge in [0.25, 0.3) is 0 Å². The van der Waals surface area contributed by atoms with Crippen molar-refractivity contribution in [2.75, 3.05) is 0 Å². The summed E-state index contributed by atoms with van der Waals surface area (Å²) in [5, 5.41) is 3.81. The summed E-state index contributed by atoms with van der Waals surface area (Å²) in [5.74, 6) is 0.0662. The summed E-state index contributed by atoms with van der Waals surface area (Å²) in [4.78, 5) is 27.4. The second kappa shape index (κ2) is 7.66. The minimum atomic E-state index is -0.524. The number of fused-ring (bicyclic) bond motifs is 1. The van der Waals surface area contributed by atoms with Gasteiger partial charge in [0.05, 0.1) is 0 Å². The van der Waals surface area contributed by atoms with E-state index in [2.05, 4.69) is 10.3 Å². The number of carbonyl (C=O) groups is 2. The Morgan fingerprint density at radius 2 is 1.70 bits per heavy atom. The van der Waals surface area contributed by atoms with Crippen LogP contribution in [0.1, 0.15) is 42.3 Å². The van der Waals surface area contributed by atoms with Crippen LogP contribution in [0.15, 0.2) is 54.7 Å². The van der Waals surface area contributed by atoms with E-state index in [0.717, 1.165) is 22.0 Å². The highest BCUT2D eigenvalue weighted by molar-refractivity contribution is 5.98. The number of nitrogens with one attached hydrogen (secondary N) is 2. The lowest BCUT2D eigenvalue weighted by atomic mass is 10.0. The van der Waals surface area contributed by atoms with E-state index in [1.807, 2.05) is 63.4 Å². The molecule has 3 rings (SSSR count). The summed E-state index contributed by atoms with van der Waals surface area (Å²) in [7, 11) is 0. The Kier molecular flexibility index (Phi) is 5.31. The van der Waals surface area contributed by atoms with Crippen molar-refractivity contribution in [2.24, 2.45) is 0 Å². The van der Waals surface area contributed by atoms with E-state index in [0.29, 0.717) is 18.5 Å². The van der Waals surface area contributed by atoms with Crippen LogP contribution >= 0.6 is 0 Å². The van der Waals surface area contributed by atoms with E-state index in [-0.39, 0.29) is 5.78 Å². The zero-order chi connectivity index (χ0) is 19.4. The fraction of sp³-hybridized carbons (Fsp3) is 0.273. The van der Waals surface area contributed by atoms with Gasteiger partial charge in [-0.15, -0.1) is 0 Å². The lowest BCUT2D eigenvalue weighted by Gasteiger charge is -2.19. The number of aromatic nitrogens is 1. The van der Waals surface area contributed by atoms with Gasteiger partial charge < -0.3 is 15.0 Å². The smallest absolute Gasteiger partial charge is 0.407 e. The summed E-state index contributed by atoms with van der Waals surface area (Å²) in [6.45, 7) is 5.82. The average Bonchev–Trinajstić information content (AvgIpc) is 3.06. The second-order valence-corrected chi connectivity index (χ2v) is 7.55. The first-order chi connectivity index (χ1) is 12.8. The van der Waals surface area contributed by atoms with Gasteiger partial charge in [0.2, 0.25) is 0 Å². The lowest BCUT2D eigenvalue weighted by molar-refractivity contribution is 0.0523. The fourth-order valence-electron chi connectivity index (χ4n) is 2.80. The zero-order valence-electron chi connectivity index (χ0n) is 15.8. The molecule has 5 heteroatoms. The van der Waals surface area contributed by atoms with Gasteiger partial charge in [-0.05, 0) is 55.5 Å². The van der Waals surface area contributed by atoms with Crippen LogP contribution in [0.25, 0.3) is 10.9 Å². The fourth-order valence-corrected chi connectivity index (χ4v) is 2.80. The van der Waals surface area contributed by atoms with Crippen LogP contribution in [0.4, 0.5) is 4.79 Å². The minimum absolute atomic E-state index is 0.0662. The van der Waals surface area contributed by atoms with E-state index in [1.165, 1.54) is 0 Å². The third kappa shape index (κ3) is 5.20. The number of amides is 1. The van der Waals surface area contributed by atoms with Gasteiger partial charge in [0.15, 0.2) is 5.78 Å². The van der Waals surface area contributed by atoms with Crippen LogP contribution in [-0.2, 0) is 17.7 Å². The van der Waals surface area contributed by atoms with Crippen molar-refractivity contribution in [1.29, 1.82) is 0 Å². The topological polar surface area (TPSA) is 71.2 Å². The number of ether oxygens (including phenoxy) is 1. The van der Waals surface area contributed by atoms with Crippen LogP contribution in [0, 0.1) is 0 Å². The number of benzene rings is 2. The van der Waals surface area contributed by atoms with Gasteiger partial charge in [0, 0.05) is 30.2 Å². The van der Waals surface area contributed by atoms with E-state index < -0.39 is 11.7 Å². The van der Waals surface area contributed by atoms with Gasteiger partial charge >= 0.3 is 6.09 Å². The Balaban J connectivity index is 1.57. The molecule has 0 aliphatic heterocycles. The molecular weight excluding hydrogens is 340 g/mol. The molecule has 2 aromatic carbocycles. The highest BCUT2D eigenvalue weighted by Gasteiger charge is 2.15. The first kappa shape index (κ1) is 18.7. The SMILES string of the molecule is CC(C)(C)OC(=O)NCc1ccc(C(=O)Cc2ccc3[nH]ccc3c2)cc1. The van der Waals surface area contributed by atoms with Crippen molar-refractivity contribution in [2.45, 2.75) is 39.3 Å². The first-order valence-corrected chi connectivity index (χ1v) is 8.95. The molecule has 0 aliphatic rings. The Morgan fingerprint density at radius 1 is 1.00 bits per heavy atom. The van der Waals surface area contributed by atoms with E-state index in [4.69, 9.17) is 4.74 Å². The maximum Gasteiger partial charge on any atom is 0.407 e. The van der Waals surface area contributed by atoms with E-state index in [1.54, 1.807) is 12.1 Å². The van der Waals surface area contributed by atoms with Crippen molar-refractivity contribution in [3.63, 3.8) is 0 Å². The van der Waals surface area contributed by atoms with Crippen LogP contribution in [0.5, 0.6) is 0 Å². The molecule has 3 aromatic rings. The molecule has 1 heterocycles. The number of alkyl carbamates (subject to hydrolysis) is 1. The number of hydrogen-bond donors (Lipinski definition) is 2. The summed E-state index contributed by atoms with van der Waals surface area (Å²) in [5.41, 5.74) is 3.09. The van der Waals surface area contributed by atoms with Gasteiger partial charge in [-0.25, -0.2) is 4.79 Å². The molecule has 0 radical (unpaired) electrons. The van der Waals surface area contributed by atoms with Crippen molar-refractivity contribution in [3.8, 4) is 0 Å². The molecule has 0 bridgehead atoms. The number of rotatable bonds is 5. The van der Waals surface area contributed by atoms with E-state index >= 15 is 0 Å². The van der Waals surface area contributed by atoms with Crippen LogP contribution in [0.3, 0.4) is 0 Å². The van der Waals surface area contributed by atoms with Gasteiger partial charge in [-0.3, -0.25) is 4.79 Å². The molecule has 0 fully saturated rings. The first-order valence-electron chi connectivity index (χ1n) is 8.95. The standard InChI is InChI=1S/C22H24N2O3/c1-22(2,3)27-21(26)24-14-15-4-7-17(8-5-15)20(25)13-16-6-9-19-18(12-16)10-11-23-19/h4-12,23H,13-14H2,1-3H3,(H,24,26). The number of H-pyrrole nitrogens is 1. The van der Waals surface area contributed by atoms with Crippen molar-refractivity contribution in [1.82, 2.24) is 10.3 Å². The largest absolute Gasteiger partial charge is 0.444 e. The zero-order valence-corrected chi connectivity index (χ0v) is 15.8. The highest BCUT2D eigenvalue weighted by atomic mass is 16.6. The predicted octanol–water partition coefficient (Wildman–Crippen LogP) is 4.62. The maximum atomic E-state index is 12.5. The molecule has 0 saturated heterocycles. The molecule has 1 aromatic heterocycles. The Bertz CT molecular complexity index is 950. The summed E-state index contributed by atoms with van der Waals surface area (Å²) >= 11 is 0. The molecule has 0 saturated carbocycles. The van der Waals surface area contributed by atoms with Crippen molar-refractivity contribution >= 4 is 22.8 Å². The monoisotopic (exact) mass is 364 g/mol. The van der Waals surface area contributed by atoms with Crippen LogP contribution < -0.4 is 5.32 Å². The molecule has 2 N–H and O–H groups in total. The van der Waals surface area contributed by atoms with Crippen molar-refractivity contribution in [3.05, 3.63) is 71.4 Å². The molecule has 140 valence electrons. The van der Waals surface area contributed by atoms with Crippen LogP contribution in [0.2, 0.25) is 0 Å². The molecule has 0 aliphatic carbocycles. The summed E-state index contributed by atoms with van der Waals surface area (Å²) in [6, 6.07) is 15.3. The third-order valence-electron chi connectivity index (χ3n) is 4.09. The molecule has 0 atom stereocenters. The Hall–Kier alpha value is -3.08. The molecule has 0 unspecified atom stereocenters. The summed E-state index contributed by atoms with van der Waals surface area (Å²) < 4.78 is 5.21. The van der Waals surface area contributed by atoms with E-state index in [9.17, 15) is 9.59 Å². The maximum absolute atomic E-state index is 12.5. The number of carbonyl (C=O) groups excluding carboxylic acids is 2. The molecule has 1 amide bonds. The molecule has 5 nitrogen and oxygen atoms in total. The second-order valence-electron chi connectivity index (χ2n) is 7.55. The quantitative estimate of drug-likeness (QED) is 0.649. The Labute approximate surface area is 158 Å². The molecule has 27 heavy (non-hydrogen) atoms. The predicted molar refractivity (Wildman–Crippen MR) is 106 cm³/mol. The van der Waals surface area contributed by atoms with Crippen molar-refractivity contribution < 1.29 is 14.3 Å². The Morgan fingerprint density at radius 3 is 2.41 bits per heavy atom. The van der Waals surface area contributed by atoms with Gasteiger partial charge in [0.1, 0.15) is 5.60 Å². The number of hydrogen-bond acceptors (Lipinski definition) is 3. The average molecular weight is 364 g/mol. The minimum Gasteiger partial charge on any atom is -0.444 e. The van der Waals surface area contributed by atoms with Gasteiger partial charge in [-0.1, -0.05) is 30.3 Å².